The number of anilines is 1. The molecule has 1 heterocycles. The van der Waals surface area contributed by atoms with E-state index >= 15 is 0 Å². The molecule has 18 heavy (non-hydrogen) atoms. The minimum absolute atomic E-state index is 0.154. The lowest BCUT2D eigenvalue weighted by atomic mass is 10.2. The molecule has 1 aliphatic rings. The molecule has 0 bridgehead atoms. The number of hydrogen-bond donors (Lipinski definition) is 1. The van der Waals surface area contributed by atoms with Crippen LogP contribution >= 0.6 is 11.8 Å². The zero-order valence-corrected chi connectivity index (χ0v) is 11.6. The van der Waals surface area contributed by atoms with Gasteiger partial charge in [0.15, 0.2) is 5.17 Å². The Kier molecular flexibility index (Phi) is 3.91. The van der Waals surface area contributed by atoms with Crippen molar-refractivity contribution in [2.75, 3.05) is 18.5 Å². The fraction of sp³-hybridized carbons (Fsp3) is 0.385. The summed E-state index contributed by atoms with van der Waals surface area (Å²) in [5, 5.41) is 3.86. The van der Waals surface area contributed by atoms with Crippen LogP contribution in [-0.2, 0) is 0 Å². The van der Waals surface area contributed by atoms with E-state index in [9.17, 15) is 4.79 Å². The highest BCUT2D eigenvalue weighted by Gasteiger charge is 2.26. The number of amidine groups is 1. The average molecular weight is 263 g/mol. The molecule has 0 aromatic heterocycles. The molecule has 0 radical (unpaired) electrons. The fourth-order valence-electron chi connectivity index (χ4n) is 1.70. The van der Waals surface area contributed by atoms with Crippen molar-refractivity contribution < 1.29 is 4.79 Å². The molecule has 0 unspecified atom stereocenters. The number of thioether (sulfide) groups is 1. The Balaban J connectivity index is 2.31. The zero-order chi connectivity index (χ0) is 13.1. The van der Waals surface area contributed by atoms with Gasteiger partial charge in [0.2, 0.25) is 0 Å². The number of nitrogens with zero attached hydrogens (tertiary/aromatic N) is 2. The normalized spacial score (nSPS) is 18.4. The second-order valence-electron chi connectivity index (χ2n) is 4.28. The predicted octanol–water partition coefficient (Wildman–Crippen LogP) is 2.63. The van der Waals surface area contributed by atoms with E-state index in [0.29, 0.717) is 5.25 Å². The number of hydrogen-bond acceptors (Lipinski definition) is 3. The number of aryl methyl sites for hydroxylation is 1. The standard InChI is InChI=1S/C13H17N3OS/c1-9-4-6-11(7-5-9)16(12(17)14-3)13-15-8-10(2)18-13/h4-7,10H,8H2,1-3H3,(H,14,17)/t10-/m0/s1. The number of carbonyl (C=O) groups excluding carboxylic acids is 1. The molecule has 96 valence electrons. The Morgan fingerprint density at radius 1 is 1.44 bits per heavy atom. The van der Waals surface area contributed by atoms with Crippen molar-refractivity contribution >= 4 is 28.6 Å². The summed E-state index contributed by atoms with van der Waals surface area (Å²) < 4.78 is 0. The molecule has 4 nitrogen and oxygen atoms in total. The van der Waals surface area contributed by atoms with Crippen molar-refractivity contribution in [3.63, 3.8) is 0 Å². The molecule has 1 atom stereocenters. The van der Waals surface area contributed by atoms with Gasteiger partial charge in [0.25, 0.3) is 0 Å². The molecule has 1 aromatic carbocycles. The van der Waals surface area contributed by atoms with Crippen LogP contribution in [0.2, 0.25) is 0 Å². The van der Waals surface area contributed by atoms with Gasteiger partial charge in [-0.15, -0.1) is 0 Å². The van der Waals surface area contributed by atoms with Crippen LogP contribution in [0.4, 0.5) is 10.5 Å². The van der Waals surface area contributed by atoms with Crippen LogP contribution in [0.3, 0.4) is 0 Å². The van der Waals surface area contributed by atoms with Crippen LogP contribution < -0.4 is 10.2 Å². The molecule has 0 saturated carbocycles. The van der Waals surface area contributed by atoms with Crippen molar-refractivity contribution in [1.29, 1.82) is 0 Å². The lowest BCUT2D eigenvalue weighted by Crippen LogP contribution is -2.41. The van der Waals surface area contributed by atoms with E-state index in [1.165, 1.54) is 5.56 Å². The van der Waals surface area contributed by atoms with Crippen molar-refractivity contribution in [2.24, 2.45) is 4.99 Å². The second-order valence-corrected chi connectivity index (χ2v) is 5.68. The molecule has 0 saturated heterocycles. The molecule has 0 spiro atoms. The van der Waals surface area contributed by atoms with Gasteiger partial charge in [-0.1, -0.05) is 36.4 Å². The van der Waals surface area contributed by atoms with Crippen molar-refractivity contribution in [2.45, 2.75) is 19.1 Å². The van der Waals surface area contributed by atoms with E-state index < -0.39 is 0 Å². The quantitative estimate of drug-likeness (QED) is 0.846. The summed E-state index contributed by atoms with van der Waals surface area (Å²) in [5.41, 5.74) is 2.02. The maximum atomic E-state index is 12.0. The average Bonchev–Trinajstić information content (AvgIpc) is 2.78. The van der Waals surface area contributed by atoms with E-state index in [0.717, 1.165) is 17.4 Å². The Labute approximate surface area is 111 Å². The fourth-order valence-corrected chi connectivity index (χ4v) is 2.66. The molecule has 2 rings (SSSR count). The van der Waals surface area contributed by atoms with Crippen molar-refractivity contribution in [1.82, 2.24) is 5.32 Å². The number of urea groups is 1. The first-order valence-corrected chi connectivity index (χ1v) is 6.79. The van der Waals surface area contributed by atoms with Gasteiger partial charge >= 0.3 is 6.03 Å². The highest BCUT2D eigenvalue weighted by atomic mass is 32.2. The predicted molar refractivity (Wildman–Crippen MR) is 77.5 cm³/mol. The minimum atomic E-state index is -0.154. The number of nitrogens with one attached hydrogen (secondary N) is 1. The van der Waals surface area contributed by atoms with Crippen LogP contribution in [-0.4, -0.2) is 30.0 Å². The smallest absolute Gasteiger partial charge is 0.327 e. The van der Waals surface area contributed by atoms with E-state index in [1.54, 1.807) is 23.7 Å². The first kappa shape index (κ1) is 13.0. The summed E-state index contributed by atoms with van der Waals surface area (Å²) in [5.74, 6) is 0. The Hall–Kier alpha value is -1.49. The van der Waals surface area contributed by atoms with Crippen LogP contribution in [0.25, 0.3) is 0 Å². The molecule has 1 N–H and O–H groups in total. The summed E-state index contributed by atoms with van der Waals surface area (Å²) in [6.45, 7) is 4.90. The summed E-state index contributed by atoms with van der Waals surface area (Å²) in [7, 11) is 1.63. The Morgan fingerprint density at radius 2 is 2.11 bits per heavy atom. The van der Waals surface area contributed by atoms with Crippen molar-refractivity contribution in [3.8, 4) is 0 Å². The lowest BCUT2D eigenvalue weighted by Gasteiger charge is -2.21. The highest BCUT2D eigenvalue weighted by molar-refractivity contribution is 8.15. The minimum Gasteiger partial charge on any atom is -0.340 e. The molecule has 1 aromatic rings. The molecule has 5 heteroatoms. The number of rotatable bonds is 1. The third-order valence-corrected chi connectivity index (χ3v) is 3.76. The summed E-state index contributed by atoms with van der Waals surface area (Å²) in [6.07, 6.45) is 0. The van der Waals surface area contributed by atoms with E-state index in [-0.39, 0.29) is 6.03 Å². The SMILES string of the molecule is CNC(=O)N(C1=NC[C@H](C)S1)c1ccc(C)cc1. The molecule has 1 aliphatic heterocycles. The third kappa shape index (κ3) is 2.67. The Morgan fingerprint density at radius 3 is 2.61 bits per heavy atom. The largest absolute Gasteiger partial charge is 0.340 e. The van der Waals surface area contributed by atoms with E-state index in [1.807, 2.05) is 31.2 Å². The molecular weight excluding hydrogens is 246 g/mol. The molecule has 0 fully saturated rings. The highest BCUT2D eigenvalue weighted by Crippen LogP contribution is 2.27. The zero-order valence-electron chi connectivity index (χ0n) is 10.8. The topological polar surface area (TPSA) is 44.7 Å². The van der Waals surface area contributed by atoms with E-state index in [4.69, 9.17) is 0 Å². The van der Waals surface area contributed by atoms with Crippen LogP contribution in [0.1, 0.15) is 12.5 Å². The second kappa shape index (κ2) is 5.44. The monoisotopic (exact) mass is 263 g/mol. The van der Waals surface area contributed by atoms with Crippen molar-refractivity contribution in [3.05, 3.63) is 29.8 Å². The number of amides is 2. The van der Waals surface area contributed by atoms with Crippen LogP contribution in [0.5, 0.6) is 0 Å². The number of benzene rings is 1. The van der Waals surface area contributed by atoms with Gasteiger partial charge in [0, 0.05) is 12.3 Å². The summed E-state index contributed by atoms with van der Waals surface area (Å²) >= 11 is 1.63. The number of carbonyl (C=O) groups is 1. The lowest BCUT2D eigenvalue weighted by molar-refractivity contribution is 0.251. The summed E-state index contributed by atoms with van der Waals surface area (Å²) in [6, 6.07) is 7.72. The maximum absolute atomic E-state index is 12.0. The molecular formula is C13H17N3OS. The van der Waals surface area contributed by atoms with Gasteiger partial charge in [-0.3, -0.25) is 4.99 Å². The third-order valence-electron chi connectivity index (χ3n) is 2.69. The van der Waals surface area contributed by atoms with Gasteiger partial charge < -0.3 is 5.32 Å². The first-order chi connectivity index (χ1) is 8.61. The number of aliphatic imine (C=N–C) groups is 1. The van der Waals surface area contributed by atoms with Crippen LogP contribution in [0, 0.1) is 6.92 Å². The van der Waals surface area contributed by atoms with Crippen LogP contribution in [0.15, 0.2) is 29.3 Å². The maximum Gasteiger partial charge on any atom is 0.327 e. The summed E-state index contributed by atoms with van der Waals surface area (Å²) in [4.78, 5) is 18.1. The van der Waals surface area contributed by atoms with Gasteiger partial charge in [-0.05, 0) is 19.1 Å². The molecule has 2 amide bonds. The van der Waals surface area contributed by atoms with Gasteiger partial charge in [0.05, 0.1) is 12.2 Å². The first-order valence-electron chi connectivity index (χ1n) is 5.91. The van der Waals surface area contributed by atoms with Gasteiger partial charge in [-0.2, -0.15) is 0 Å². The Bertz CT molecular complexity index is 470. The van der Waals surface area contributed by atoms with Gasteiger partial charge in [-0.25, -0.2) is 9.69 Å². The van der Waals surface area contributed by atoms with Gasteiger partial charge in [0.1, 0.15) is 0 Å². The van der Waals surface area contributed by atoms with E-state index in [2.05, 4.69) is 17.2 Å². The molecule has 0 aliphatic carbocycles.